The number of nitriles is 1. The van der Waals surface area contributed by atoms with Crippen molar-refractivity contribution < 1.29 is 0 Å². The van der Waals surface area contributed by atoms with Crippen LogP contribution in [-0.2, 0) is 12.6 Å². The van der Waals surface area contributed by atoms with Gasteiger partial charge in [0.25, 0.3) is 0 Å². The molecule has 0 saturated heterocycles. The van der Waals surface area contributed by atoms with Gasteiger partial charge in [-0.3, -0.25) is 4.68 Å². The summed E-state index contributed by atoms with van der Waals surface area (Å²) in [5.41, 5.74) is 0.986. The lowest BCUT2D eigenvalue weighted by molar-refractivity contribution is 0.589. The van der Waals surface area contributed by atoms with Crippen LogP contribution in [0.15, 0.2) is 11.6 Å². The molecule has 2 aromatic rings. The average Bonchev–Trinajstić information content (AvgIpc) is 2.89. The summed E-state index contributed by atoms with van der Waals surface area (Å²) < 4.78 is 1.70. The van der Waals surface area contributed by atoms with Gasteiger partial charge in [-0.1, -0.05) is 0 Å². The van der Waals surface area contributed by atoms with Crippen molar-refractivity contribution in [3.8, 4) is 6.07 Å². The number of rotatable bonds is 3. The Kier molecular flexibility index (Phi) is 3.09. The van der Waals surface area contributed by atoms with Gasteiger partial charge >= 0.3 is 0 Å². The molecule has 0 bridgehead atoms. The van der Waals surface area contributed by atoms with Crippen LogP contribution in [0.4, 0.5) is 5.82 Å². The topological polar surface area (TPSA) is 66.5 Å². The normalized spacial score (nSPS) is 11.3. The van der Waals surface area contributed by atoms with E-state index < -0.39 is 0 Å². The first kappa shape index (κ1) is 12.6. The molecule has 0 fully saturated rings. The zero-order valence-corrected chi connectivity index (χ0v) is 11.7. The summed E-state index contributed by atoms with van der Waals surface area (Å²) in [7, 11) is 1.83. The van der Waals surface area contributed by atoms with Crippen molar-refractivity contribution in [1.82, 2.24) is 14.8 Å². The molecule has 18 heavy (non-hydrogen) atoms. The third-order valence-corrected chi connectivity index (χ3v) is 3.83. The summed E-state index contributed by atoms with van der Waals surface area (Å²) in [5, 5.41) is 19.7. The lowest BCUT2D eigenvalue weighted by atomic mass is 10.1. The smallest absolute Gasteiger partial charge is 0.143 e. The predicted octanol–water partition coefficient (Wildman–Crippen LogP) is 2.40. The van der Waals surface area contributed by atoms with Crippen LogP contribution in [0.3, 0.4) is 0 Å². The van der Waals surface area contributed by atoms with Gasteiger partial charge in [0.15, 0.2) is 0 Å². The maximum atomic E-state index is 9.18. The molecule has 0 amide bonds. The van der Waals surface area contributed by atoms with Gasteiger partial charge in [0.1, 0.15) is 22.5 Å². The van der Waals surface area contributed by atoms with Gasteiger partial charge in [0.05, 0.1) is 11.2 Å². The second kappa shape index (κ2) is 4.42. The monoisotopic (exact) mass is 261 g/mol. The molecule has 0 radical (unpaired) electrons. The average molecular weight is 261 g/mol. The predicted molar refractivity (Wildman–Crippen MR) is 71.4 cm³/mol. The minimum absolute atomic E-state index is 0.333. The van der Waals surface area contributed by atoms with E-state index in [1.54, 1.807) is 22.2 Å². The largest absolute Gasteiger partial charge is 0.358 e. The molecule has 5 nitrogen and oxygen atoms in total. The van der Waals surface area contributed by atoms with E-state index in [2.05, 4.69) is 21.5 Å². The van der Waals surface area contributed by atoms with E-state index in [0.29, 0.717) is 5.56 Å². The highest BCUT2D eigenvalue weighted by atomic mass is 32.1. The van der Waals surface area contributed by atoms with Crippen LogP contribution < -0.4 is 5.32 Å². The number of nitrogens with zero attached hydrogens (tertiary/aromatic N) is 4. The molecule has 2 heterocycles. The standard InChI is InChI=1S/C12H15N5S/c1-8-9(7-13)10(17(4)16-8)15-12(2,3)11-14-5-6-18-11/h5-6,15H,1-4H3. The molecule has 2 aromatic heterocycles. The number of aromatic nitrogens is 3. The molecule has 1 N–H and O–H groups in total. The Bertz CT molecular complexity index is 589. The van der Waals surface area contributed by atoms with Gasteiger partial charge < -0.3 is 5.32 Å². The lowest BCUT2D eigenvalue weighted by Crippen LogP contribution is -2.29. The van der Waals surface area contributed by atoms with Crippen LogP contribution in [0.2, 0.25) is 0 Å². The highest BCUT2D eigenvalue weighted by Crippen LogP contribution is 2.29. The molecule has 0 aliphatic carbocycles. The summed E-state index contributed by atoms with van der Waals surface area (Å²) in [6, 6.07) is 2.19. The van der Waals surface area contributed by atoms with E-state index in [4.69, 9.17) is 0 Å². The van der Waals surface area contributed by atoms with E-state index in [1.165, 1.54) is 0 Å². The third kappa shape index (κ3) is 2.09. The molecule has 2 rings (SSSR count). The molecule has 0 atom stereocenters. The Labute approximate surface area is 110 Å². The quantitative estimate of drug-likeness (QED) is 0.921. The van der Waals surface area contributed by atoms with Crippen LogP contribution >= 0.6 is 11.3 Å². The van der Waals surface area contributed by atoms with Crippen molar-refractivity contribution in [2.75, 3.05) is 5.32 Å². The molecule has 0 aromatic carbocycles. The first-order valence-corrected chi connectivity index (χ1v) is 6.45. The highest BCUT2D eigenvalue weighted by Gasteiger charge is 2.26. The van der Waals surface area contributed by atoms with E-state index >= 15 is 0 Å². The van der Waals surface area contributed by atoms with Crippen molar-refractivity contribution in [2.24, 2.45) is 7.05 Å². The fourth-order valence-corrected chi connectivity index (χ4v) is 2.53. The SMILES string of the molecule is Cc1nn(C)c(NC(C)(C)c2nccs2)c1C#N. The first-order chi connectivity index (χ1) is 8.45. The van der Waals surface area contributed by atoms with E-state index in [-0.39, 0.29) is 5.54 Å². The Morgan fingerprint density at radius 2 is 2.22 bits per heavy atom. The van der Waals surface area contributed by atoms with Crippen molar-refractivity contribution in [3.05, 3.63) is 27.8 Å². The first-order valence-electron chi connectivity index (χ1n) is 5.57. The zero-order chi connectivity index (χ0) is 13.3. The van der Waals surface area contributed by atoms with Gasteiger partial charge in [-0.2, -0.15) is 10.4 Å². The highest BCUT2D eigenvalue weighted by molar-refractivity contribution is 7.09. The Hall–Kier alpha value is -1.87. The molecule has 0 aliphatic rings. The van der Waals surface area contributed by atoms with E-state index in [9.17, 15) is 5.26 Å². The summed E-state index contributed by atoms with van der Waals surface area (Å²) in [6.07, 6.45) is 1.78. The van der Waals surface area contributed by atoms with Gasteiger partial charge in [0.2, 0.25) is 0 Å². The molecule has 0 unspecified atom stereocenters. The molecule has 0 aliphatic heterocycles. The number of thiazole rings is 1. The minimum Gasteiger partial charge on any atom is -0.358 e. The minimum atomic E-state index is -0.333. The zero-order valence-electron chi connectivity index (χ0n) is 10.9. The molecule has 0 spiro atoms. The van der Waals surface area contributed by atoms with Crippen molar-refractivity contribution >= 4 is 17.2 Å². The maximum Gasteiger partial charge on any atom is 0.143 e. The van der Waals surface area contributed by atoms with Crippen molar-refractivity contribution in [2.45, 2.75) is 26.3 Å². The van der Waals surface area contributed by atoms with Gasteiger partial charge in [-0.05, 0) is 20.8 Å². The summed E-state index contributed by atoms with van der Waals surface area (Å²) >= 11 is 1.59. The van der Waals surface area contributed by atoms with Crippen molar-refractivity contribution in [1.29, 1.82) is 5.26 Å². The Morgan fingerprint density at radius 1 is 1.50 bits per heavy atom. The fourth-order valence-electron chi connectivity index (χ4n) is 1.82. The second-order valence-electron chi connectivity index (χ2n) is 4.63. The van der Waals surface area contributed by atoms with Gasteiger partial charge in [-0.25, -0.2) is 4.98 Å². The number of hydrogen-bond acceptors (Lipinski definition) is 5. The van der Waals surface area contributed by atoms with Crippen LogP contribution in [0, 0.1) is 18.3 Å². The van der Waals surface area contributed by atoms with E-state index in [1.807, 2.05) is 33.2 Å². The summed E-state index contributed by atoms with van der Waals surface area (Å²) in [5.74, 6) is 0.732. The van der Waals surface area contributed by atoms with Crippen LogP contribution in [-0.4, -0.2) is 14.8 Å². The van der Waals surface area contributed by atoms with Gasteiger partial charge in [-0.15, -0.1) is 11.3 Å². The van der Waals surface area contributed by atoms with Gasteiger partial charge in [0, 0.05) is 18.6 Å². The van der Waals surface area contributed by atoms with Crippen molar-refractivity contribution in [3.63, 3.8) is 0 Å². The molecular weight excluding hydrogens is 246 g/mol. The molecule has 94 valence electrons. The van der Waals surface area contributed by atoms with Crippen LogP contribution in [0.1, 0.15) is 30.1 Å². The lowest BCUT2D eigenvalue weighted by Gasteiger charge is -2.25. The number of anilines is 1. The fraction of sp³-hybridized carbons (Fsp3) is 0.417. The second-order valence-corrected chi connectivity index (χ2v) is 5.53. The molecule has 0 saturated carbocycles. The number of nitrogens with one attached hydrogen (secondary N) is 1. The number of aryl methyl sites for hydroxylation is 2. The molecular formula is C12H15N5S. The van der Waals surface area contributed by atoms with E-state index in [0.717, 1.165) is 16.5 Å². The Balaban J connectivity index is 2.38. The molecule has 6 heteroatoms. The summed E-state index contributed by atoms with van der Waals surface area (Å²) in [6.45, 7) is 5.91. The van der Waals surface area contributed by atoms with Crippen LogP contribution in [0.25, 0.3) is 0 Å². The third-order valence-electron chi connectivity index (χ3n) is 2.73. The number of hydrogen-bond donors (Lipinski definition) is 1. The van der Waals surface area contributed by atoms with Crippen LogP contribution in [0.5, 0.6) is 0 Å². The Morgan fingerprint density at radius 3 is 2.78 bits per heavy atom. The maximum absolute atomic E-state index is 9.18. The summed E-state index contributed by atoms with van der Waals surface area (Å²) in [4.78, 5) is 4.32.